The largest absolute Gasteiger partial charge is 0.447 e. The van der Waals surface area contributed by atoms with Gasteiger partial charge in [0.05, 0.1) is 23.3 Å². The Morgan fingerprint density at radius 3 is 2.73 bits per heavy atom. The fraction of sp³-hybridized carbons (Fsp3) is 0.333. The molecule has 1 aromatic carbocycles. The lowest BCUT2D eigenvalue weighted by Crippen LogP contribution is -2.30. The molecule has 0 spiro atoms. The van der Waals surface area contributed by atoms with Crippen LogP contribution in [0.25, 0.3) is 5.52 Å². The fourth-order valence-electron chi connectivity index (χ4n) is 3.94. The van der Waals surface area contributed by atoms with Crippen LogP contribution in [0.4, 0.5) is 24.5 Å². The normalized spacial score (nSPS) is 14.8. The molecule has 4 rings (SSSR count). The summed E-state index contributed by atoms with van der Waals surface area (Å²) in [6, 6.07) is 11.5. The molecule has 174 valence electrons. The minimum Gasteiger partial charge on any atom is -0.397 e. The molecule has 0 bridgehead atoms. The zero-order chi connectivity index (χ0) is 23.4. The van der Waals surface area contributed by atoms with Crippen LogP contribution in [0.5, 0.6) is 0 Å². The van der Waals surface area contributed by atoms with Gasteiger partial charge in [0.25, 0.3) is 0 Å². The number of alkyl halides is 3. The van der Waals surface area contributed by atoms with Crippen LogP contribution in [0.1, 0.15) is 18.1 Å². The molecule has 9 heteroatoms. The molecule has 1 aliphatic rings. The summed E-state index contributed by atoms with van der Waals surface area (Å²) in [7, 11) is -0.101. The quantitative estimate of drug-likeness (QED) is 0.271. The molecular formula is C24H26F3N4PS. The molecule has 0 radical (unpaired) electrons. The number of aromatic nitrogens is 1. The summed E-state index contributed by atoms with van der Waals surface area (Å²) >= 11 is -0.170. The van der Waals surface area contributed by atoms with E-state index < -0.39 is 5.51 Å². The fourth-order valence-corrected chi connectivity index (χ4v) is 6.86. The van der Waals surface area contributed by atoms with Crippen molar-refractivity contribution >= 4 is 41.9 Å². The summed E-state index contributed by atoms with van der Waals surface area (Å²) < 4.78 is 40.9. The van der Waals surface area contributed by atoms with E-state index in [1.165, 1.54) is 27.6 Å². The monoisotopic (exact) mass is 490 g/mol. The van der Waals surface area contributed by atoms with Gasteiger partial charge in [-0.3, -0.25) is 0 Å². The van der Waals surface area contributed by atoms with Crippen LogP contribution < -0.4 is 21.7 Å². The lowest BCUT2D eigenvalue weighted by Gasteiger charge is -2.24. The lowest BCUT2D eigenvalue weighted by molar-refractivity contribution is -0.0329. The Hall–Kier alpha value is -2.33. The van der Waals surface area contributed by atoms with E-state index >= 15 is 0 Å². The summed E-state index contributed by atoms with van der Waals surface area (Å²) in [5.41, 5.74) is 5.06. The lowest BCUT2D eigenvalue weighted by atomic mass is 10.1. The average molecular weight is 491 g/mol. The minimum atomic E-state index is -4.42. The van der Waals surface area contributed by atoms with Gasteiger partial charge in [0.2, 0.25) is 0 Å². The van der Waals surface area contributed by atoms with E-state index in [2.05, 4.69) is 47.6 Å². The van der Waals surface area contributed by atoms with Crippen molar-refractivity contribution in [2.75, 3.05) is 43.0 Å². The summed E-state index contributed by atoms with van der Waals surface area (Å²) in [6.45, 7) is 4.63. The Morgan fingerprint density at radius 2 is 2.00 bits per heavy atom. The van der Waals surface area contributed by atoms with Crippen LogP contribution in [0.15, 0.2) is 47.6 Å². The smallest absolute Gasteiger partial charge is 0.397 e. The Balaban J connectivity index is 1.52. The molecule has 2 aromatic heterocycles. The van der Waals surface area contributed by atoms with Crippen molar-refractivity contribution in [2.24, 2.45) is 0 Å². The van der Waals surface area contributed by atoms with E-state index in [9.17, 15) is 13.2 Å². The number of aryl methyl sites for hydroxylation is 1. The number of nitrogens with two attached hydrogens (primary N) is 1. The molecule has 1 saturated heterocycles. The van der Waals surface area contributed by atoms with Gasteiger partial charge in [-0.25, -0.2) is 0 Å². The second-order valence-corrected chi connectivity index (χ2v) is 11.3. The van der Waals surface area contributed by atoms with Gasteiger partial charge in [-0.05, 0) is 73.0 Å². The predicted octanol–water partition coefficient (Wildman–Crippen LogP) is 4.87. The van der Waals surface area contributed by atoms with E-state index in [1.807, 2.05) is 0 Å². The summed E-state index contributed by atoms with van der Waals surface area (Å²) in [5.74, 6) is 5.90. The highest BCUT2D eigenvalue weighted by Crippen LogP contribution is 2.40. The number of nitrogens with zero attached hydrogens (tertiary/aromatic N) is 1. The Labute approximate surface area is 197 Å². The molecule has 1 aliphatic heterocycles. The number of hydrogen-bond acceptors (Lipinski definition) is 4. The van der Waals surface area contributed by atoms with Crippen LogP contribution in [-0.4, -0.2) is 41.9 Å². The van der Waals surface area contributed by atoms with Crippen molar-refractivity contribution in [2.45, 2.75) is 23.9 Å². The van der Waals surface area contributed by atoms with Crippen LogP contribution in [0.3, 0.4) is 0 Å². The van der Waals surface area contributed by atoms with Gasteiger partial charge in [-0.15, -0.1) is 0 Å². The van der Waals surface area contributed by atoms with Gasteiger partial charge in [0, 0.05) is 23.6 Å². The van der Waals surface area contributed by atoms with E-state index in [-0.39, 0.29) is 24.7 Å². The number of nitrogens with one attached hydrogen (secondary N) is 2. The van der Waals surface area contributed by atoms with Crippen molar-refractivity contribution in [1.82, 2.24) is 9.72 Å². The molecule has 0 aliphatic carbocycles. The first-order chi connectivity index (χ1) is 15.9. The SMILES string of the molecule is CCc1cc(P2CCNCC2)ccc1NCC#Cc1cc2c(N)cccn2c1SC(F)(F)F. The predicted molar refractivity (Wildman–Crippen MR) is 134 cm³/mol. The number of rotatable bonds is 5. The van der Waals surface area contributed by atoms with Gasteiger partial charge in [0.1, 0.15) is 5.03 Å². The van der Waals surface area contributed by atoms with E-state index in [4.69, 9.17) is 5.73 Å². The molecule has 1 fully saturated rings. The first kappa shape index (κ1) is 23.8. The van der Waals surface area contributed by atoms with Crippen molar-refractivity contribution in [3.63, 3.8) is 0 Å². The maximum absolute atomic E-state index is 13.1. The standard InChI is InChI=1S/C24H26F3N4PS/c1-2-17-15-19(32-13-10-29-11-14-32)7-8-21(17)30-9-3-5-18-16-22-20(28)6-4-12-31(22)23(18)33-24(25,26)27/h4,6-8,12,15-16,29-30H,2,9-11,13-14,28H2,1H3. The number of fused-ring (bicyclic) bond motifs is 1. The molecule has 0 saturated carbocycles. The van der Waals surface area contributed by atoms with Gasteiger partial charge in [0.15, 0.2) is 0 Å². The Kier molecular flexibility index (Phi) is 7.43. The molecule has 0 amide bonds. The van der Waals surface area contributed by atoms with E-state index in [0.29, 0.717) is 23.3 Å². The number of benzene rings is 1. The van der Waals surface area contributed by atoms with Crippen molar-refractivity contribution in [1.29, 1.82) is 0 Å². The number of hydrogen-bond donors (Lipinski definition) is 3. The topological polar surface area (TPSA) is 54.5 Å². The van der Waals surface area contributed by atoms with Crippen molar-refractivity contribution in [3.05, 3.63) is 53.7 Å². The minimum absolute atomic E-state index is 0.0279. The van der Waals surface area contributed by atoms with Crippen molar-refractivity contribution < 1.29 is 13.2 Å². The molecule has 0 unspecified atom stereocenters. The van der Waals surface area contributed by atoms with Crippen LogP contribution in [0, 0.1) is 11.8 Å². The van der Waals surface area contributed by atoms with E-state index in [0.717, 1.165) is 25.2 Å². The molecule has 4 nitrogen and oxygen atoms in total. The number of halogens is 3. The number of thioether (sulfide) groups is 1. The number of anilines is 2. The number of nitrogen functional groups attached to an aromatic ring is 1. The summed E-state index contributed by atoms with van der Waals surface area (Å²) in [4.78, 5) is 0. The molecule has 3 heterocycles. The van der Waals surface area contributed by atoms with E-state index in [1.54, 1.807) is 24.4 Å². The highest BCUT2D eigenvalue weighted by Gasteiger charge is 2.32. The molecule has 33 heavy (non-hydrogen) atoms. The molecule has 3 aromatic rings. The molecular weight excluding hydrogens is 464 g/mol. The summed E-state index contributed by atoms with van der Waals surface area (Å²) in [5, 5.41) is 8.22. The third-order valence-electron chi connectivity index (χ3n) is 5.55. The third kappa shape index (κ3) is 5.78. The average Bonchev–Trinajstić information content (AvgIpc) is 3.14. The van der Waals surface area contributed by atoms with Gasteiger partial charge in [-0.2, -0.15) is 13.2 Å². The molecule has 4 N–H and O–H groups in total. The Bertz CT molecular complexity index is 1190. The zero-order valence-corrected chi connectivity index (χ0v) is 20.0. The van der Waals surface area contributed by atoms with Gasteiger partial charge >= 0.3 is 5.51 Å². The maximum Gasteiger partial charge on any atom is 0.447 e. The van der Waals surface area contributed by atoms with Crippen LogP contribution >= 0.6 is 19.7 Å². The second-order valence-electron chi connectivity index (χ2n) is 7.72. The van der Waals surface area contributed by atoms with Crippen LogP contribution in [0.2, 0.25) is 0 Å². The first-order valence-corrected chi connectivity index (χ1v) is 13.3. The second kappa shape index (κ2) is 10.3. The van der Waals surface area contributed by atoms with Crippen LogP contribution in [-0.2, 0) is 6.42 Å². The summed E-state index contributed by atoms with van der Waals surface area (Å²) in [6.07, 6.45) is 4.90. The molecule has 0 atom stereocenters. The highest BCUT2D eigenvalue weighted by molar-refractivity contribution is 8.00. The number of pyridine rings is 1. The van der Waals surface area contributed by atoms with Crippen molar-refractivity contribution in [3.8, 4) is 11.8 Å². The third-order valence-corrected chi connectivity index (χ3v) is 8.93. The maximum atomic E-state index is 13.1. The zero-order valence-electron chi connectivity index (χ0n) is 18.3. The Morgan fingerprint density at radius 1 is 1.21 bits per heavy atom. The highest BCUT2D eigenvalue weighted by atomic mass is 32.2. The van der Waals surface area contributed by atoms with Gasteiger partial charge < -0.3 is 20.8 Å². The van der Waals surface area contributed by atoms with Gasteiger partial charge in [-0.1, -0.05) is 32.8 Å². The first-order valence-electron chi connectivity index (χ1n) is 10.8.